The van der Waals surface area contributed by atoms with Gasteiger partial charge in [-0.25, -0.2) is 4.79 Å². The van der Waals surface area contributed by atoms with Crippen LogP contribution in [-0.4, -0.2) is 22.8 Å². The number of ether oxygens (including phenoxy) is 1. The van der Waals surface area contributed by atoms with Gasteiger partial charge in [0.15, 0.2) is 0 Å². The number of alkyl carbamates (subject to hydrolysis) is 1. The Hall–Kier alpha value is -1.75. The molecule has 0 spiro atoms. The maximum Gasteiger partial charge on any atom is 0.408 e. The number of amides is 1. The van der Waals surface area contributed by atoms with E-state index in [2.05, 4.69) is 5.32 Å². The monoisotopic (exact) mass is 299 g/mol. The van der Waals surface area contributed by atoms with Crippen LogP contribution in [0, 0.1) is 0 Å². The third kappa shape index (κ3) is 5.48. The van der Waals surface area contributed by atoms with Crippen molar-refractivity contribution < 1.29 is 19.4 Å². The molecular weight excluding hydrogens is 282 g/mol. The van der Waals surface area contributed by atoms with E-state index in [-0.39, 0.29) is 6.42 Å². The number of aliphatic carboxylic acids is 1. The minimum Gasteiger partial charge on any atom is -0.481 e. The normalized spacial score (nSPS) is 12.6. The summed E-state index contributed by atoms with van der Waals surface area (Å²) in [5.41, 5.74) is -0.111. The van der Waals surface area contributed by atoms with Gasteiger partial charge >= 0.3 is 12.1 Å². The van der Waals surface area contributed by atoms with E-state index in [9.17, 15) is 9.59 Å². The Kier molecular flexibility index (Phi) is 5.39. The van der Waals surface area contributed by atoms with Gasteiger partial charge < -0.3 is 15.2 Å². The van der Waals surface area contributed by atoms with Crippen LogP contribution >= 0.6 is 11.6 Å². The SMILES string of the molecule is CC(C)(C)OC(=O)N[C@@H](CC(=O)O)c1ccccc1Cl. The molecule has 0 aliphatic rings. The zero-order valence-corrected chi connectivity index (χ0v) is 12.4. The Morgan fingerprint density at radius 1 is 1.35 bits per heavy atom. The van der Waals surface area contributed by atoms with Crippen LogP contribution in [-0.2, 0) is 9.53 Å². The van der Waals surface area contributed by atoms with Gasteiger partial charge in [0.1, 0.15) is 5.60 Å². The van der Waals surface area contributed by atoms with Crippen molar-refractivity contribution in [3.63, 3.8) is 0 Å². The largest absolute Gasteiger partial charge is 0.481 e. The van der Waals surface area contributed by atoms with Crippen molar-refractivity contribution in [3.8, 4) is 0 Å². The van der Waals surface area contributed by atoms with E-state index in [0.29, 0.717) is 10.6 Å². The average molecular weight is 300 g/mol. The molecule has 0 fully saturated rings. The highest BCUT2D eigenvalue weighted by atomic mass is 35.5. The molecule has 1 amide bonds. The molecule has 6 heteroatoms. The molecule has 1 atom stereocenters. The van der Waals surface area contributed by atoms with Gasteiger partial charge in [0.05, 0.1) is 12.5 Å². The minimum absolute atomic E-state index is 0.275. The first kappa shape index (κ1) is 16.3. The second-order valence-electron chi connectivity index (χ2n) is 5.32. The van der Waals surface area contributed by atoms with Crippen LogP contribution in [0.4, 0.5) is 4.79 Å². The highest BCUT2D eigenvalue weighted by Crippen LogP contribution is 2.25. The summed E-state index contributed by atoms with van der Waals surface area (Å²) in [6.45, 7) is 5.19. The summed E-state index contributed by atoms with van der Waals surface area (Å²) in [5.74, 6) is -1.04. The number of hydrogen-bond acceptors (Lipinski definition) is 3. The second-order valence-corrected chi connectivity index (χ2v) is 5.73. The molecule has 1 aromatic rings. The molecule has 0 bridgehead atoms. The number of carbonyl (C=O) groups excluding carboxylic acids is 1. The highest BCUT2D eigenvalue weighted by Gasteiger charge is 2.23. The summed E-state index contributed by atoms with van der Waals surface area (Å²) in [6, 6.07) is 6.04. The molecule has 1 rings (SSSR count). The van der Waals surface area contributed by atoms with Gasteiger partial charge in [-0.1, -0.05) is 29.8 Å². The molecule has 110 valence electrons. The Morgan fingerprint density at radius 3 is 2.45 bits per heavy atom. The van der Waals surface area contributed by atoms with Crippen LogP contribution in [0.1, 0.15) is 38.8 Å². The topological polar surface area (TPSA) is 75.6 Å². The standard InChI is InChI=1S/C14H18ClNO4/c1-14(2,3)20-13(19)16-11(8-12(17)18)9-6-4-5-7-10(9)15/h4-7,11H,8H2,1-3H3,(H,16,19)(H,17,18)/t11-/m0/s1. The summed E-state index contributed by atoms with van der Waals surface area (Å²) in [5, 5.41) is 11.9. The lowest BCUT2D eigenvalue weighted by atomic mass is 10.0. The van der Waals surface area contributed by atoms with Gasteiger partial charge in [-0.05, 0) is 32.4 Å². The first-order valence-corrected chi connectivity index (χ1v) is 6.52. The van der Waals surface area contributed by atoms with Crippen molar-refractivity contribution in [2.24, 2.45) is 0 Å². The fourth-order valence-corrected chi connectivity index (χ4v) is 1.89. The maximum absolute atomic E-state index is 11.8. The summed E-state index contributed by atoms with van der Waals surface area (Å²) in [4.78, 5) is 22.7. The quantitative estimate of drug-likeness (QED) is 0.893. The number of benzene rings is 1. The maximum atomic E-state index is 11.8. The molecule has 0 heterocycles. The van der Waals surface area contributed by atoms with Gasteiger partial charge in [-0.2, -0.15) is 0 Å². The van der Waals surface area contributed by atoms with Crippen LogP contribution in [0.25, 0.3) is 0 Å². The summed E-state index contributed by atoms with van der Waals surface area (Å²) in [6.07, 6.45) is -0.952. The van der Waals surface area contributed by atoms with Gasteiger partial charge in [-0.15, -0.1) is 0 Å². The van der Waals surface area contributed by atoms with E-state index in [0.717, 1.165) is 0 Å². The highest BCUT2D eigenvalue weighted by molar-refractivity contribution is 6.31. The van der Waals surface area contributed by atoms with Crippen LogP contribution in [0.2, 0.25) is 5.02 Å². The van der Waals surface area contributed by atoms with Crippen molar-refractivity contribution in [1.82, 2.24) is 5.32 Å². The number of carboxylic acid groups (broad SMARTS) is 1. The van der Waals surface area contributed by atoms with Crippen molar-refractivity contribution in [1.29, 1.82) is 0 Å². The lowest BCUT2D eigenvalue weighted by Gasteiger charge is -2.23. The predicted octanol–water partition coefficient (Wildman–Crippen LogP) is 3.38. The third-order valence-corrected chi connectivity index (χ3v) is 2.69. The number of nitrogens with one attached hydrogen (secondary N) is 1. The Morgan fingerprint density at radius 2 is 1.95 bits per heavy atom. The predicted molar refractivity (Wildman–Crippen MR) is 75.8 cm³/mol. The van der Waals surface area contributed by atoms with Crippen LogP contribution in [0.15, 0.2) is 24.3 Å². The number of halogens is 1. The molecule has 20 heavy (non-hydrogen) atoms. The van der Waals surface area contributed by atoms with Gasteiger partial charge in [0.25, 0.3) is 0 Å². The molecule has 0 saturated heterocycles. The molecule has 0 radical (unpaired) electrons. The van der Waals surface area contributed by atoms with Crippen molar-refractivity contribution >= 4 is 23.7 Å². The number of rotatable bonds is 4. The molecule has 0 aliphatic heterocycles. The van der Waals surface area contributed by atoms with Gasteiger partial charge in [0.2, 0.25) is 0 Å². The lowest BCUT2D eigenvalue weighted by Crippen LogP contribution is -2.35. The third-order valence-electron chi connectivity index (χ3n) is 2.35. The van der Waals surface area contributed by atoms with E-state index >= 15 is 0 Å². The zero-order chi connectivity index (χ0) is 15.3. The van der Waals surface area contributed by atoms with Gasteiger partial charge in [0, 0.05) is 5.02 Å². The Balaban J connectivity index is 2.88. The Labute approximate surface area is 122 Å². The summed E-state index contributed by atoms with van der Waals surface area (Å²) >= 11 is 6.03. The minimum atomic E-state index is -1.04. The number of hydrogen-bond donors (Lipinski definition) is 2. The van der Waals surface area contributed by atoms with Crippen molar-refractivity contribution in [2.45, 2.75) is 38.8 Å². The molecule has 0 aliphatic carbocycles. The molecule has 1 aromatic carbocycles. The van der Waals surface area contributed by atoms with E-state index in [1.54, 1.807) is 45.0 Å². The summed E-state index contributed by atoms with van der Waals surface area (Å²) < 4.78 is 5.13. The Bertz CT molecular complexity index is 496. The summed E-state index contributed by atoms with van der Waals surface area (Å²) in [7, 11) is 0. The van der Waals surface area contributed by atoms with Gasteiger partial charge in [-0.3, -0.25) is 4.79 Å². The first-order valence-electron chi connectivity index (χ1n) is 6.15. The molecule has 0 unspecified atom stereocenters. The van der Waals surface area contributed by atoms with Crippen molar-refractivity contribution in [3.05, 3.63) is 34.9 Å². The lowest BCUT2D eigenvalue weighted by molar-refractivity contribution is -0.137. The molecule has 5 nitrogen and oxygen atoms in total. The van der Waals surface area contributed by atoms with E-state index in [4.69, 9.17) is 21.4 Å². The number of carboxylic acids is 1. The van der Waals surface area contributed by atoms with Crippen LogP contribution in [0.5, 0.6) is 0 Å². The second kappa shape index (κ2) is 6.61. The fraction of sp³-hybridized carbons (Fsp3) is 0.429. The number of carbonyl (C=O) groups is 2. The van der Waals surface area contributed by atoms with Crippen LogP contribution in [0.3, 0.4) is 0 Å². The van der Waals surface area contributed by atoms with Crippen molar-refractivity contribution in [2.75, 3.05) is 0 Å². The molecule has 2 N–H and O–H groups in total. The van der Waals surface area contributed by atoms with E-state index in [1.807, 2.05) is 0 Å². The molecule has 0 aromatic heterocycles. The van der Waals surface area contributed by atoms with E-state index < -0.39 is 23.7 Å². The first-order chi connectivity index (χ1) is 9.19. The zero-order valence-electron chi connectivity index (χ0n) is 11.6. The fourth-order valence-electron chi connectivity index (χ4n) is 1.62. The average Bonchev–Trinajstić information content (AvgIpc) is 2.25. The smallest absolute Gasteiger partial charge is 0.408 e. The van der Waals surface area contributed by atoms with E-state index in [1.165, 1.54) is 0 Å². The molecule has 0 saturated carbocycles. The van der Waals surface area contributed by atoms with Crippen LogP contribution < -0.4 is 5.32 Å². The molecular formula is C14H18ClNO4.